The van der Waals surface area contributed by atoms with Crippen molar-refractivity contribution in [2.75, 3.05) is 11.6 Å². The molecule has 0 aliphatic heterocycles. The van der Waals surface area contributed by atoms with Gasteiger partial charge in [0.15, 0.2) is 15.7 Å². The number of aryl methyl sites for hydroxylation is 1. The first kappa shape index (κ1) is 23.3. The van der Waals surface area contributed by atoms with Gasteiger partial charge in [-0.3, -0.25) is 0 Å². The van der Waals surface area contributed by atoms with Crippen molar-refractivity contribution >= 4 is 21.5 Å². The van der Waals surface area contributed by atoms with Crippen LogP contribution in [0.25, 0.3) is 11.4 Å². The Bertz CT molecular complexity index is 1430. The monoisotopic (exact) mass is 478 g/mol. The van der Waals surface area contributed by atoms with Crippen LogP contribution in [0, 0.1) is 12.7 Å². The molecule has 1 aromatic heterocycles. The van der Waals surface area contributed by atoms with Gasteiger partial charge in [0.1, 0.15) is 24.5 Å². The lowest BCUT2D eigenvalue weighted by Gasteiger charge is -2.12. The van der Waals surface area contributed by atoms with E-state index in [1.54, 1.807) is 30.3 Å². The number of halogens is 1. The Morgan fingerprint density at radius 3 is 2.56 bits per heavy atom. The lowest BCUT2D eigenvalue weighted by molar-refractivity contribution is 0.305. The van der Waals surface area contributed by atoms with E-state index >= 15 is 0 Å². The largest absolute Gasteiger partial charge is 0.488 e. The molecule has 4 aromatic rings. The minimum atomic E-state index is -3.16. The summed E-state index contributed by atoms with van der Waals surface area (Å²) in [7, 11) is -3.16. The zero-order valence-corrected chi connectivity index (χ0v) is 19.5. The molecule has 3 aromatic carbocycles. The minimum Gasteiger partial charge on any atom is -0.488 e. The molecule has 0 bridgehead atoms. The maximum Gasteiger partial charge on any atom is 0.230 e. The van der Waals surface area contributed by atoms with E-state index in [0.717, 1.165) is 11.1 Å². The topological polar surface area (TPSA) is 94.1 Å². The quantitative estimate of drug-likeness (QED) is 0.387. The average Bonchev–Trinajstić information content (AvgIpc) is 2.77. The molecule has 0 fully saturated rings. The normalized spacial score (nSPS) is 11.3. The fourth-order valence-electron chi connectivity index (χ4n) is 3.42. The molecule has 4 rings (SSSR count). The van der Waals surface area contributed by atoms with Gasteiger partial charge in [0.25, 0.3) is 0 Å². The van der Waals surface area contributed by atoms with Gasteiger partial charge in [0.2, 0.25) is 5.95 Å². The SMILES string of the molecule is Cc1cccc(COc2cc(F)ccc2-c2ncnc(Nc3cccc(CS(C)(=O)=O)c3)n2)c1. The van der Waals surface area contributed by atoms with Gasteiger partial charge in [-0.15, -0.1) is 0 Å². The van der Waals surface area contributed by atoms with Gasteiger partial charge in [-0.05, 0) is 42.3 Å². The van der Waals surface area contributed by atoms with Crippen LogP contribution in [-0.2, 0) is 22.2 Å². The van der Waals surface area contributed by atoms with E-state index in [2.05, 4.69) is 20.3 Å². The third kappa shape index (κ3) is 6.35. The molecule has 7 nitrogen and oxygen atoms in total. The molecule has 0 atom stereocenters. The van der Waals surface area contributed by atoms with Crippen LogP contribution >= 0.6 is 0 Å². The summed E-state index contributed by atoms with van der Waals surface area (Å²) >= 11 is 0. The Morgan fingerprint density at radius 1 is 0.971 bits per heavy atom. The summed E-state index contributed by atoms with van der Waals surface area (Å²) in [6.45, 7) is 2.26. The molecule has 174 valence electrons. The predicted molar refractivity (Wildman–Crippen MR) is 129 cm³/mol. The first-order valence-electron chi connectivity index (χ1n) is 10.5. The van der Waals surface area contributed by atoms with E-state index in [4.69, 9.17) is 4.74 Å². The molecular weight excluding hydrogens is 455 g/mol. The van der Waals surface area contributed by atoms with Gasteiger partial charge >= 0.3 is 0 Å². The third-order valence-corrected chi connectivity index (χ3v) is 5.70. The van der Waals surface area contributed by atoms with Gasteiger partial charge in [-0.2, -0.15) is 4.98 Å². The van der Waals surface area contributed by atoms with Gasteiger partial charge in [0.05, 0.1) is 11.3 Å². The van der Waals surface area contributed by atoms with Crippen LogP contribution in [0.5, 0.6) is 5.75 Å². The van der Waals surface area contributed by atoms with E-state index in [1.165, 1.54) is 24.7 Å². The second-order valence-electron chi connectivity index (χ2n) is 7.95. The third-order valence-electron chi connectivity index (χ3n) is 4.85. The van der Waals surface area contributed by atoms with Crippen LogP contribution in [0.3, 0.4) is 0 Å². The summed E-state index contributed by atoms with van der Waals surface area (Å²) in [5, 5.41) is 3.06. The molecule has 1 N–H and O–H groups in total. The number of nitrogens with zero attached hydrogens (tertiary/aromatic N) is 3. The molecule has 1 heterocycles. The van der Waals surface area contributed by atoms with Crippen LogP contribution in [0.1, 0.15) is 16.7 Å². The smallest absolute Gasteiger partial charge is 0.230 e. The van der Waals surface area contributed by atoms with Crippen LogP contribution in [-0.4, -0.2) is 29.6 Å². The summed E-state index contributed by atoms with van der Waals surface area (Å²) in [4.78, 5) is 12.8. The van der Waals surface area contributed by atoms with E-state index < -0.39 is 15.7 Å². The first-order valence-corrected chi connectivity index (χ1v) is 12.5. The van der Waals surface area contributed by atoms with Crippen LogP contribution in [0.4, 0.5) is 16.0 Å². The van der Waals surface area contributed by atoms with Gasteiger partial charge in [-0.1, -0.05) is 42.0 Å². The Balaban J connectivity index is 1.57. The van der Waals surface area contributed by atoms with E-state index in [1.807, 2.05) is 31.2 Å². The van der Waals surface area contributed by atoms with Crippen molar-refractivity contribution in [1.29, 1.82) is 0 Å². The van der Waals surface area contributed by atoms with Crippen molar-refractivity contribution in [3.05, 3.63) is 95.6 Å². The highest BCUT2D eigenvalue weighted by Crippen LogP contribution is 2.30. The summed E-state index contributed by atoms with van der Waals surface area (Å²) in [5.41, 5.74) is 3.86. The average molecular weight is 479 g/mol. The molecule has 0 saturated carbocycles. The Hall–Kier alpha value is -3.85. The fraction of sp³-hybridized carbons (Fsp3) is 0.160. The predicted octanol–water partition coefficient (Wildman–Crippen LogP) is 4.85. The van der Waals surface area contributed by atoms with Gasteiger partial charge in [-0.25, -0.2) is 22.8 Å². The minimum absolute atomic E-state index is 0.0673. The zero-order valence-electron chi connectivity index (χ0n) is 18.7. The number of aromatic nitrogens is 3. The molecule has 0 spiro atoms. The number of rotatable bonds is 8. The van der Waals surface area contributed by atoms with Crippen LogP contribution in [0.2, 0.25) is 0 Å². The molecule has 9 heteroatoms. The van der Waals surface area contributed by atoms with Crippen molar-refractivity contribution in [3.63, 3.8) is 0 Å². The number of anilines is 2. The summed E-state index contributed by atoms with van der Waals surface area (Å²) in [5.74, 6) is 0.383. The maximum atomic E-state index is 14.0. The lowest BCUT2D eigenvalue weighted by atomic mass is 10.1. The molecule has 0 saturated heterocycles. The number of nitrogens with one attached hydrogen (secondary N) is 1. The number of sulfone groups is 1. The van der Waals surface area contributed by atoms with Gasteiger partial charge < -0.3 is 10.1 Å². The number of hydrogen-bond donors (Lipinski definition) is 1. The molecular formula is C25H23FN4O3S. The van der Waals surface area contributed by atoms with E-state index in [9.17, 15) is 12.8 Å². The van der Waals surface area contributed by atoms with Crippen molar-refractivity contribution in [2.24, 2.45) is 0 Å². The van der Waals surface area contributed by atoms with Crippen molar-refractivity contribution < 1.29 is 17.5 Å². The Labute approximate surface area is 197 Å². The second-order valence-corrected chi connectivity index (χ2v) is 10.1. The second kappa shape index (κ2) is 9.96. The Kier molecular flexibility index (Phi) is 6.83. The van der Waals surface area contributed by atoms with Crippen molar-refractivity contribution in [3.8, 4) is 17.1 Å². The lowest BCUT2D eigenvalue weighted by Crippen LogP contribution is -2.04. The summed E-state index contributed by atoms with van der Waals surface area (Å²) in [6.07, 6.45) is 2.53. The molecule has 0 aliphatic carbocycles. The maximum absolute atomic E-state index is 14.0. The number of ether oxygens (including phenoxy) is 1. The molecule has 34 heavy (non-hydrogen) atoms. The highest BCUT2D eigenvalue weighted by atomic mass is 32.2. The standard InChI is InChI=1S/C25H23FN4O3S/c1-17-5-3-6-18(11-17)14-33-23-13-20(26)9-10-22(23)24-27-16-28-25(30-24)29-21-8-4-7-19(12-21)15-34(2,31)32/h3-13,16H,14-15H2,1-2H3,(H,27,28,29,30). The summed E-state index contributed by atoms with van der Waals surface area (Å²) in [6, 6.07) is 19.1. The van der Waals surface area contributed by atoms with Crippen LogP contribution < -0.4 is 10.1 Å². The van der Waals surface area contributed by atoms with Crippen molar-refractivity contribution in [1.82, 2.24) is 15.0 Å². The molecule has 0 amide bonds. The zero-order chi connectivity index (χ0) is 24.1. The van der Waals surface area contributed by atoms with E-state index in [-0.39, 0.29) is 18.3 Å². The number of benzene rings is 3. The van der Waals surface area contributed by atoms with Crippen molar-refractivity contribution in [2.45, 2.75) is 19.3 Å². The van der Waals surface area contributed by atoms with Crippen LogP contribution in [0.15, 0.2) is 73.1 Å². The van der Waals surface area contributed by atoms with E-state index in [0.29, 0.717) is 28.4 Å². The van der Waals surface area contributed by atoms with Gasteiger partial charge in [0, 0.05) is 18.0 Å². The first-order chi connectivity index (χ1) is 16.2. The molecule has 0 unspecified atom stereocenters. The highest BCUT2D eigenvalue weighted by molar-refractivity contribution is 7.89. The molecule has 0 aliphatic rings. The number of hydrogen-bond acceptors (Lipinski definition) is 7. The summed E-state index contributed by atoms with van der Waals surface area (Å²) < 4.78 is 43.1. The Morgan fingerprint density at radius 2 is 1.76 bits per heavy atom. The fourth-order valence-corrected chi connectivity index (χ4v) is 4.21. The molecule has 0 radical (unpaired) electrons. The highest BCUT2D eigenvalue weighted by Gasteiger charge is 2.13.